The summed E-state index contributed by atoms with van der Waals surface area (Å²) in [5.41, 5.74) is 1.08. The number of amides is 2. The van der Waals surface area contributed by atoms with Crippen LogP contribution in [-0.2, 0) is 22.7 Å². The van der Waals surface area contributed by atoms with Crippen LogP contribution in [0.15, 0.2) is 18.9 Å². The second-order valence-corrected chi connectivity index (χ2v) is 5.38. The minimum absolute atomic E-state index is 0.0487. The molecule has 0 bridgehead atoms. The molecule has 0 radical (unpaired) electrons. The summed E-state index contributed by atoms with van der Waals surface area (Å²) in [7, 11) is 0. The number of nitrogens with one attached hydrogen (secondary N) is 1. The number of fused-ring (bicyclic) bond motifs is 1. The smallest absolute Gasteiger partial charge is 0.243 e. The average molecular weight is 374 g/mol. The van der Waals surface area contributed by atoms with Gasteiger partial charge in [-0.3, -0.25) is 14.3 Å². The van der Waals surface area contributed by atoms with Crippen LogP contribution in [0.2, 0.25) is 0 Å². The van der Waals surface area contributed by atoms with Crippen LogP contribution in [0.5, 0.6) is 0 Å². The molecule has 0 unspecified atom stereocenters. The van der Waals surface area contributed by atoms with Crippen LogP contribution in [0.4, 0.5) is 0 Å². The molecule has 2 amide bonds. The van der Waals surface area contributed by atoms with Crippen molar-refractivity contribution in [3.8, 4) is 0 Å². The Balaban J connectivity index is 1.86. The monoisotopic (exact) mass is 374 g/mol. The zero-order valence-electron chi connectivity index (χ0n) is 10.4. The quantitative estimate of drug-likeness (QED) is 0.618. The molecule has 1 N–H and O–H groups in total. The Morgan fingerprint density at radius 2 is 2.32 bits per heavy atom. The number of nitrogens with zero attached hydrogens (tertiary/aromatic N) is 3. The van der Waals surface area contributed by atoms with Gasteiger partial charge in [-0.25, -0.2) is 0 Å². The van der Waals surface area contributed by atoms with E-state index < -0.39 is 0 Å². The second-order valence-electron chi connectivity index (χ2n) is 4.22. The largest absolute Gasteiger partial charge is 0.352 e. The highest BCUT2D eigenvalue weighted by molar-refractivity contribution is 14.1. The highest BCUT2D eigenvalue weighted by Gasteiger charge is 2.22. The predicted molar refractivity (Wildman–Crippen MR) is 78.2 cm³/mol. The summed E-state index contributed by atoms with van der Waals surface area (Å²) in [5.74, 6) is -0.202. The van der Waals surface area contributed by atoms with Crippen LogP contribution in [0.25, 0.3) is 0 Å². The first-order valence-corrected chi connectivity index (χ1v) is 7.08. The van der Waals surface area contributed by atoms with Crippen LogP contribution >= 0.6 is 22.6 Å². The number of halogens is 1. The van der Waals surface area contributed by atoms with Gasteiger partial charge < -0.3 is 10.2 Å². The van der Waals surface area contributed by atoms with E-state index in [4.69, 9.17) is 0 Å². The molecule has 2 rings (SSSR count). The Labute approximate surface area is 125 Å². The minimum Gasteiger partial charge on any atom is -0.352 e. The molecule has 0 aromatic carbocycles. The van der Waals surface area contributed by atoms with Crippen molar-refractivity contribution in [3.63, 3.8) is 0 Å². The number of aromatic nitrogens is 2. The molecule has 2 heterocycles. The zero-order chi connectivity index (χ0) is 13.8. The summed E-state index contributed by atoms with van der Waals surface area (Å²) in [5, 5.41) is 6.85. The molecule has 0 atom stereocenters. The zero-order valence-corrected chi connectivity index (χ0v) is 12.6. The van der Waals surface area contributed by atoms with Gasteiger partial charge in [0.25, 0.3) is 0 Å². The first-order valence-electron chi connectivity index (χ1n) is 6.00. The fourth-order valence-corrected chi connectivity index (χ4v) is 2.52. The molecule has 0 spiro atoms. The van der Waals surface area contributed by atoms with E-state index >= 15 is 0 Å². The van der Waals surface area contributed by atoms with Crippen molar-refractivity contribution in [2.45, 2.75) is 19.5 Å². The van der Waals surface area contributed by atoms with E-state index in [1.54, 1.807) is 4.90 Å². The van der Waals surface area contributed by atoms with E-state index in [0.717, 1.165) is 15.8 Å². The third-order valence-electron chi connectivity index (χ3n) is 3.00. The fraction of sp³-hybridized carbons (Fsp3) is 0.417. The van der Waals surface area contributed by atoms with Crippen molar-refractivity contribution in [2.24, 2.45) is 0 Å². The van der Waals surface area contributed by atoms with Crippen LogP contribution in [0.3, 0.4) is 0 Å². The molecule has 0 aliphatic carbocycles. The van der Waals surface area contributed by atoms with E-state index in [1.807, 2.05) is 10.9 Å². The van der Waals surface area contributed by atoms with Gasteiger partial charge in [0.05, 0.1) is 28.6 Å². The summed E-state index contributed by atoms with van der Waals surface area (Å²) in [6.45, 7) is 5.68. The van der Waals surface area contributed by atoms with Crippen LogP contribution in [-0.4, -0.2) is 39.6 Å². The van der Waals surface area contributed by atoms with Gasteiger partial charge in [-0.2, -0.15) is 5.10 Å². The Bertz CT molecular complexity index is 512. The Morgan fingerprint density at radius 3 is 3.05 bits per heavy atom. The van der Waals surface area contributed by atoms with Crippen molar-refractivity contribution in [3.05, 3.63) is 28.1 Å². The van der Waals surface area contributed by atoms with Gasteiger partial charge in [-0.15, -0.1) is 0 Å². The van der Waals surface area contributed by atoms with Crippen LogP contribution < -0.4 is 5.32 Å². The molecule has 0 saturated carbocycles. The molecule has 1 aromatic heterocycles. The minimum atomic E-state index is -0.251. The van der Waals surface area contributed by atoms with Gasteiger partial charge >= 0.3 is 0 Å². The number of hydrogen-bond donors (Lipinski definition) is 1. The van der Waals surface area contributed by atoms with Gasteiger partial charge in [0, 0.05) is 19.5 Å². The summed E-state index contributed by atoms with van der Waals surface area (Å²) < 4.78 is 3.01. The van der Waals surface area contributed by atoms with Crippen molar-refractivity contribution < 1.29 is 9.59 Å². The third kappa shape index (κ3) is 3.34. The van der Waals surface area contributed by atoms with Gasteiger partial charge in [0.1, 0.15) is 0 Å². The average Bonchev–Trinajstić information content (AvgIpc) is 2.79. The van der Waals surface area contributed by atoms with E-state index in [-0.39, 0.29) is 11.8 Å². The van der Waals surface area contributed by atoms with E-state index in [9.17, 15) is 9.59 Å². The molecule has 102 valence electrons. The first kappa shape index (κ1) is 14.0. The van der Waals surface area contributed by atoms with Gasteiger partial charge in [0.2, 0.25) is 11.8 Å². The Hall–Kier alpha value is -1.38. The maximum Gasteiger partial charge on any atom is 0.243 e. The lowest BCUT2D eigenvalue weighted by molar-refractivity contribution is -0.132. The number of hydrogen-bond acceptors (Lipinski definition) is 3. The van der Waals surface area contributed by atoms with E-state index in [0.29, 0.717) is 26.1 Å². The molecule has 0 saturated heterocycles. The molecule has 7 heteroatoms. The standard InChI is InChI=1S/C12H15IN4O2/c1-2-11(18)14-4-3-12(19)16-5-6-17-10(8-16)9(13)7-15-17/h2,7H,1,3-6,8H2,(H,14,18). The topological polar surface area (TPSA) is 67.2 Å². The SMILES string of the molecule is C=CC(=O)NCCC(=O)N1CCn2ncc(I)c2C1. The van der Waals surface area contributed by atoms with Crippen molar-refractivity contribution >= 4 is 34.4 Å². The predicted octanol–water partition coefficient (Wildman–Crippen LogP) is 0.522. The molecule has 1 aliphatic heterocycles. The highest BCUT2D eigenvalue weighted by Crippen LogP contribution is 2.18. The number of carbonyl (C=O) groups excluding carboxylic acids is 2. The van der Waals surface area contributed by atoms with Crippen LogP contribution in [0, 0.1) is 3.57 Å². The fourth-order valence-electron chi connectivity index (χ4n) is 1.95. The van der Waals surface area contributed by atoms with Crippen molar-refractivity contribution in [1.82, 2.24) is 20.0 Å². The number of rotatable bonds is 4. The Kier molecular flexibility index (Phi) is 4.56. The summed E-state index contributed by atoms with van der Waals surface area (Å²) in [6.07, 6.45) is 3.32. The molecule has 0 fully saturated rings. The van der Waals surface area contributed by atoms with Crippen molar-refractivity contribution in [1.29, 1.82) is 0 Å². The lowest BCUT2D eigenvalue weighted by atomic mass is 10.2. The van der Waals surface area contributed by atoms with Crippen molar-refractivity contribution in [2.75, 3.05) is 13.1 Å². The lowest BCUT2D eigenvalue weighted by Gasteiger charge is -2.28. The third-order valence-corrected chi connectivity index (χ3v) is 3.90. The van der Waals surface area contributed by atoms with E-state index in [1.165, 1.54) is 6.08 Å². The van der Waals surface area contributed by atoms with Gasteiger partial charge in [-0.05, 0) is 28.7 Å². The lowest BCUT2D eigenvalue weighted by Crippen LogP contribution is -2.40. The maximum absolute atomic E-state index is 12.0. The molecule has 6 nitrogen and oxygen atoms in total. The summed E-state index contributed by atoms with van der Waals surface area (Å²) in [6, 6.07) is 0. The highest BCUT2D eigenvalue weighted by atomic mass is 127. The van der Waals surface area contributed by atoms with Crippen LogP contribution in [0.1, 0.15) is 12.1 Å². The second kappa shape index (κ2) is 6.18. The normalized spacial score (nSPS) is 13.8. The number of carbonyl (C=O) groups is 2. The molecule has 1 aliphatic rings. The molecule has 1 aromatic rings. The van der Waals surface area contributed by atoms with E-state index in [2.05, 4.69) is 39.6 Å². The van der Waals surface area contributed by atoms with Gasteiger partial charge in [-0.1, -0.05) is 6.58 Å². The Morgan fingerprint density at radius 1 is 1.53 bits per heavy atom. The maximum atomic E-state index is 12.0. The molecule has 19 heavy (non-hydrogen) atoms. The summed E-state index contributed by atoms with van der Waals surface area (Å²) >= 11 is 2.22. The molecular formula is C12H15IN4O2. The summed E-state index contributed by atoms with van der Waals surface area (Å²) in [4.78, 5) is 24.8. The molecular weight excluding hydrogens is 359 g/mol. The van der Waals surface area contributed by atoms with Gasteiger partial charge in [0.15, 0.2) is 0 Å². The first-order chi connectivity index (χ1) is 9.11.